The number of carbonyl (C=O) groups excluding carboxylic acids is 2. The molecule has 3 atom stereocenters. The van der Waals surface area contributed by atoms with Crippen molar-refractivity contribution in [1.82, 2.24) is 9.80 Å². The molecule has 0 unspecified atom stereocenters. The zero-order valence-electron chi connectivity index (χ0n) is 16.9. The van der Waals surface area contributed by atoms with Gasteiger partial charge in [-0.15, -0.1) is 0 Å². The maximum atomic E-state index is 12.8. The van der Waals surface area contributed by atoms with E-state index in [2.05, 4.69) is 10.2 Å². The molecule has 1 aromatic rings. The predicted octanol–water partition coefficient (Wildman–Crippen LogP) is 3.29. The summed E-state index contributed by atoms with van der Waals surface area (Å²) in [5, 5.41) is 2.86. The maximum absolute atomic E-state index is 12.8. The van der Waals surface area contributed by atoms with Gasteiger partial charge in [-0.2, -0.15) is 0 Å². The van der Waals surface area contributed by atoms with E-state index in [1.807, 2.05) is 38.1 Å². The predicted molar refractivity (Wildman–Crippen MR) is 109 cm³/mol. The Morgan fingerprint density at radius 3 is 2.52 bits per heavy atom. The van der Waals surface area contributed by atoms with Gasteiger partial charge in [0.05, 0.1) is 12.6 Å². The van der Waals surface area contributed by atoms with Crippen LogP contribution in [0.25, 0.3) is 0 Å². The summed E-state index contributed by atoms with van der Waals surface area (Å²) in [5.74, 6) is 1.48. The molecule has 0 spiro atoms. The molecule has 1 N–H and O–H groups in total. The van der Waals surface area contributed by atoms with E-state index in [9.17, 15) is 9.59 Å². The molecule has 0 bridgehead atoms. The van der Waals surface area contributed by atoms with E-state index in [-0.39, 0.29) is 24.4 Å². The van der Waals surface area contributed by atoms with Crippen LogP contribution in [0.4, 0.5) is 5.69 Å². The molecule has 5 heteroatoms. The fraction of sp³-hybridized carbons (Fsp3) is 0.636. The number of rotatable bonds is 5. The Hall–Kier alpha value is -1.88. The van der Waals surface area contributed by atoms with E-state index < -0.39 is 0 Å². The summed E-state index contributed by atoms with van der Waals surface area (Å²) in [4.78, 5) is 29.0. The van der Waals surface area contributed by atoms with Gasteiger partial charge in [-0.1, -0.05) is 37.0 Å². The molecule has 2 fully saturated rings. The van der Waals surface area contributed by atoms with Crippen LogP contribution in [-0.2, 0) is 9.59 Å². The van der Waals surface area contributed by atoms with E-state index in [1.54, 1.807) is 11.9 Å². The van der Waals surface area contributed by atoms with Crippen LogP contribution in [0, 0.1) is 18.8 Å². The average molecular weight is 372 g/mol. The van der Waals surface area contributed by atoms with Gasteiger partial charge in [-0.25, -0.2) is 0 Å². The number of hydrogen-bond donors (Lipinski definition) is 1. The van der Waals surface area contributed by atoms with Crippen LogP contribution in [0.5, 0.6) is 0 Å². The summed E-state index contributed by atoms with van der Waals surface area (Å²) in [6, 6.07) is 7.52. The molecule has 1 aromatic carbocycles. The number of aryl methyl sites for hydroxylation is 1. The smallest absolute Gasteiger partial charge is 0.243 e. The third kappa shape index (κ3) is 5.10. The Bertz CT molecular complexity index is 658. The van der Waals surface area contributed by atoms with E-state index in [1.165, 1.54) is 32.1 Å². The van der Waals surface area contributed by atoms with Crippen molar-refractivity contribution in [2.75, 3.05) is 32.0 Å². The summed E-state index contributed by atoms with van der Waals surface area (Å²) in [6.07, 6.45) is 6.57. The number of fused-ring (bicyclic) bond motifs is 1. The third-order valence-corrected chi connectivity index (χ3v) is 6.32. The van der Waals surface area contributed by atoms with E-state index in [0.717, 1.165) is 36.2 Å². The molecule has 1 aliphatic carbocycles. The number of anilines is 1. The first-order chi connectivity index (χ1) is 12.9. The standard InChI is InChI=1S/C22H33N3O2/c1-16-8-10-20(11-9-16)23-21(26)15-24(3)22(27)17(2)25-13-12-18-6-4-5-7-19(18)14-25/h8-11,17-19H,4-7,12-15H2,1-3H3,(H,23,26)/t17-,18-,19+/m0/s1. The van der Waals surface area contributed by atoms with Gasteiger partial charge in [-0.05, 0) is 57.2 Å². The molecular weight excluding hydrogens is 338 g/mol. The van der Waals surface area contributed by atoms with Crippen molar-refractivity contribution in [3.8, 4) is 0 Å². The number of amides is 2. The summed E-state index contributed by atoms with van der Waals surface area (Å²) < 4.78 is 0. The van der Waals surface area contributed by atoms with Crippen LogP contribution in [0.15, 0.2) is 24.3 Å². The van der Waals surface area contributed by atoms with Crippen LogP contribution in [0.1, 0.15) is 44.6 Å². The highest BCUT2D eigenvalue weighted by atomic mass is 16.2. The first-order valence-corrected chi connectivity index (χ1v) is 10.3. The van der Waals surface area contributed by atoms with Crippen molar-refractivity contribution >= 4 is 17.5 Å². The van der Waals surface area contributed by atoms with Gasteiger partial charge in [0, 0.05) is 19.3 Å². The number of likely N-dealkylation sites (tertiary alicyclic amines) is 1. The van der Waals surface area contributed by atoms with Crippen molar-refractivity contribution in [3.63, 3.8) is 0 Å². The minimum atomic E-state index is -0.162. The second kappa shape index (κ2) is 8.87. The average Bonchev–Trinajstić information content (AvgIpc) is 2.68. The molecule has 0 radical (unpaired) electrons. The number of carbonyl (C=O) groups is 2. The highest BCUT2D eigenvalue weighted by molar-refractivity contribution is 5.95. The molecule has 3 rings (SSSR count). The molecule has 5 nitrogen and oxygen atoms in total. The normalized spacial score (nSPS) is 24.0. The second-order valence-electron chi connectivity index (χ2n) is 8.37. The van der Waals surface area contributed by atoms with Crippen molar-refractivity contribution in [2.45, 2.75) is 52.0 Å². The fourth-order valence-corrected chi connectivity index (χ4v) is 4.59. The lowest BCUT2D eigenvalue weighted by Gasteiger charge is -2.43. The van der Waals surface area contributed by atoms with Gasteiger partial charge in [0.15, 0.2) is 0 Å². The number of benzene rings is 1. The monoisotopic (exact) mass is 371 g/mol. The molecular formula is C22H33N3O2. The SMILES string of the molecule is Cc1ccc(NC(=O)CN(C)C(=O)[C@H](C)N2CC[C@@H]3CCCC[C@@H]3C2)cc1. The zero-order valence-corrected chi connectivity index (χ0v) is 16.9. The van der Waals surface area contributed by atoms with Crippen molar-refractivity contribution in [1.29, 1.82) is 0 Å². The molecule has 27 heavy (non-hydrogen) atoms. The Balaban J connectivity index is 1.50. The molecule has 1 saturated heterocycles. The third-order valence-electron chi connectivity index (χ3n) is 6.32. The van der Waals surface area contributed by atoms with Gasteiger partial charge in [0.25, 0.3) is 0 Å². The Labute approximate surface area is 163 Å². The van der Waals surface area contributed by atoms with Crippen LogP contribution < -0.4 is 5.32 Å². The minimum Gasteiger partial charge on any atom is -0.335 e. The topological polar surface area (TPSA) is 52.7 Å². The van der Waals surface area contributed by atoms with Crippen LogP contribution >= 0.6 is 0 Å². The van der Waals surface area contributed by atoms with E-state index in [0.29, 0.717) is 0 Å². The van der Waals surface area contributed by atoms with Crippen molar-refractivity contribution in [2.24, 2.45) is 11.8 Å². The van der Waals surface area contributed by atoms with Crippen LogP contribution in [0.2, 0.25) is 0 Å². The lowest BCUT2D eigenvalue weighted by atomic mass is 9.75. The highest BCUT2D eigenvalue weighted by Crippen LogP contribution is 2.36. The fourth-order valence-electron chi connectivity index (χ4n) is 4.59. The molecule has 0 aromatic heterocycles. The van der Waals surface area contributed by atoms with Gasteiger partial charge < -0.3 is 10.2 Å². The number of hydrogen-bond acceptors (Lipinski definition) is 3. The number of piperidine rings is 1. The Morgan fingerprint density at radius 1 is 1.15 bits per heavy atom. The zero-order chi connectivity index (χ0) is 19.4. The molecule has 148 valence electrons. The summed E-state index contributed by atoms with van der Waals surface area (Å²) >= 11 is 0. The minimum absolute atomic E-state index is 0.0308. The second-order valence-corrected chi connectivity index (χ2v) is 8.37. The van der Waals surface area contributed by atoms with E-state index in [4.69, 9.17) is 0 Å². The Morgan fingerprint density at radius 2 is 1.81 bits per heavy atom. The first kappa shape index (κ1) is 19.9. The van der Waals surface area contributed by atoms with Gasteiger partial charge in [0.2, 0.25) is 11.8 Å². The number of likely N-dealkylation sites (N-methyl/N-ethyl adjacent to an activating group) is 1. The van der Waals surface area contributed by atoms with Crippen molar-refractivity contribution in [3.05, 3.63) is 29.8 Å². The number of nitrogens with one attached hydrogen (secondary N) is 1. The van der Waals surface area contributed by atoms with Crippen LogP contribution in [0.3, 0.4) is 0 Å². The molecule has 2 amide bonds. The van der Waals surface area contributed by atoms with Crippen LogP contribution in [-0.4, -0.2) is 54.3 Å². The molecule has 1 saturated carbocycles. The number of nitrogens with zero attached hydrogens (tertiary/aromatic N) is 2. The maximum Gasteiger partial charge on any atom is 0.243 e. The Kier molecular flexibility index (Phi) is 6.53. The molecule has 1 heterocycles. The quantitative estimate of drug-likeness (QED) is 0.864. The summed E-state index contributed by atoms with van der Waals surface area (Å²) in [5.41, 5.74) is 1.91. The lowest BCUT2D eigenvalue weighted by molar-refractivity contribution is -0.138. The van der Waals surface area contributed by atoms with Crippen molar-refractivity contribution < 1.29 is 9.59 Å². The van der Waals surface area contributed by atoms with E-state index >= 15 is 0 Å². The lowest BCUT2D eigenvalue weighted by Crippen LogP contribution is -2.52. The molecule has 1 aliphatic heterocycles. The highest BCUT2D eigenvalue weighted by Gasteiger charge is 2.35. The summed E-state index contributed by atoms with van der Waals surface area (Å²) in [6.45, 7) is 6.10. The largest absolute Gasteiger partial charge is 0.335 e. The van der Waals surface area contributed by atoms with Gasteiger partial charge >= 0.3 is 0 Å². The summed E-state index contributed by atoms with van der Waals surface area (Å²) in [7, 11) is 1.72. The van der Waals surface area contributed by atoms with Gasteiger partial charge in [0.1, 0.15) is 0 Å². The first-order valence-electron chi connectivity index (χ1n) is 10.3. The van der Waals surface area contributed by atoms with Gasteiger partial charge in [-0.3, -0.25) is 14.5 Å². The molecule has 2 aliphatic rings.